The minimum Gasteiger partial charge on any atom is -0.450 e. The summed E-state index contributed by atoms with van der Waals surface area (Å²) in [7, 11) is 0.774. The highest BCUT2D eigenvalue weighted by atomic mass is 32.2. The van der Waals surface area contributed by atoms with Crippen LogP contribution >= 0.6 is 0 Å². The van der Waals surface area contributed by atoms with Crippen molar-refractivity contribution in [2.45, 2.75) is 19.9 Å². The van der Waals surface area contributed by atoms with Gasteiger partial charge in [0.1, 0.15) is 5.58 Å². The zero-order valence-electron chi connectivity index (χ0n) is 14.3. The Kier molecular flexibility index (Phi) is 4.45. The molecule has 1 heterocycles. The molecule has 0 saturated heterocycles. The summed E-state index contributed by atoms with van der Waals surface area (Å²) >= 11 is 0. The third kappa shape index (κ3) is 2.84. The van der Waals surface area contributed by atoms with E-state index in [4.69, 9.17) is 4.42 Å². The van der Waals surface area contributed by atoms with Gasteiger partial charge in [0.15, 0.2) is 5.76 Å². The first kappa shape index (κ1) is 16.7. The van der Waals surface area contributed by atoms with E-state index in [-0.39, 0.29) is 11.9 Å². The fourth-order valence-electron chi connectivity index (χ4n) is 2.97. The zero-order chi connectivity index (χ0) is 17.4. The summed E-state index contributed by atoms with van der Waals surface area (Å²) in [4.78, 5) is 14.4. The van der Waals surface area contributed by atoms with Crippen LogP contribution in [0, 0.1) is 6.92 Å². The van der Waals surface area contributed by atoms with Gasteiger partial charge in [0.2, 0.25) is 0 Å². The Bertz CT molecular complexity index is 944. The molecule has 1 amide bonds. The molecule has 2 atom stereocenters. The quantitative estimate of drug-likeness (QED) is 0.725. The van der Waals surface area contributed by atoms with Crippen LogP contribution in [0.15, 0.2) is 40.8 Å². The molecular formula is C19H21NO3S. The Morgan fingerprint density at radius 3 is 2.62 bits per heavy atom. The van der Waals surface area contributed by atoms with Crippen molar-refractivity contribution in [3.8, 4) is 0 Å². The molecule has 0 unspecified atom stereocenters. The van der Waals surface area contributed by atoms with Gasteiger partial charge >= 0.3 is 0 Å². The smallest absolute Gasteiger partial charge is 0.289 e. The molecule has 0 aliphatic heterocycles. The van der Waals surface area contributed by atoms with Crippen molar-refractivity contribution in [3.05, 3.63) is 47.7 Å². The van der Waals surface area contributed by atoms with Crippen LogP contribution in [0.1, 0.15) is 23.0 Å². The van der Waals surface area contributed by atoms with Crippen LogP contribution in [0.5, 0.6) is 0 Å². The first-order chi connectivity index (χ1) is 11.4. The van der Waals surface area contributed by atoms with Gasteiger partial charge in [-0.25, -0.2) is 0 Å². The van der Waals surface area contributed by atoms with Crippen molar-refractivity contribution >= 4 is 38.4 Å². The molecule has 0 fully saturated rings. The number of benzene rings is 2. The highest BCUT2D eigenvalue weighted by Crippen LogP contribution is 2.32. The second-order valence-electron chi connectivity index (χ2n) is 6.22. The van der Waals surface area contributed by atoms with Gasteiger partial charge in [-0.1, -0.05) is 36.4 Å². The van der Waals surface area contributed by atoms with Crippen LogP contribution < -0.4 is 0 Å². The van der Waals surface area contributed by atoms with Gasteiger partial charge < -0.3 is 9.32 Å². The molecule has 3 aromatic rings. The zero-order valence-corrected chi connectivity index (χ0v) is 15.1. The van der Waals surface area contributed by atoms with E-state index in [1.54, 1.807) is 18.2 Å². The lowest BCUT2D eigenvalue weighted by Crippen LogP contribution is -2.38. The minimum absolute atomic E-state index is 0.118. The van der Waals surface area contributed by atoms with Crippen LogP contribution in [0.2, 0.25) is 0 Å². The summed E-state index contributed by atoms with van der Waals surface area (Å²) < 4.78 is 17.4. The number of amides is 1. The number of carbonyl (C=O) groups is 1. The minimum atomic E-state index is -0.952. The van der Waals surface area contributed by atoms with Crippen molar-refractivity contribution in [2.24, 2.45) is 0 Å². The topological polar surface area (TPSA) is 50.5 Å². The van der Waals surface area contributed by atoms with Crippen molar-refractivity contribution in [1.82, 2.24) is 4.90 Å². The number of hydrogen-bond donors (Lipinski definition) is 0. The summed E-state index contributed by atoms with van der Waals surface area (Å²) in [5.41, 5.74) is 1.59. The van der Waals surface area contributed by atoms with Crippen LogP contribution in [0.3, 0.4) is 0 Å². The molecule has 0 aliphatic rings. The lowest BCUT2D eigenvalue weighted by atomic mass is 10.1. The molecule has 24 heavy (non-hydrogen) atoms. The molecule has 126 valence electrons. The maximum atomic E-state index is 12.8. The number of hydrogen-bond acceptors (Lipinski definition) is 3. The lowest BCUT2D eigenvalue weighted by Gasteiger charge is -2.23. The van der Waals surface area contributed by atoms with Crippen LogP contribution in [0.25, 0.3) is 21.7 Å². The van der Waals surface area contributed by atoms with Crippen LogP contribution in [0.4, 0.5) is 0 Å². The number of fused-ring (bicyclic) bond motifs is 3. The number of rotatable bonds is 4. The Morgan fingerprint density at radius 1 is 1.21 bits per heavy atom. The fourth-order valence-corrected chi connectivity index (χ4v) is 3.87. The van der Waals surface area contributed by atoms with Gasteiger partial charge in [-0.05, 0) is 19.2 Å². The number of furan rings is 1. The van der Waals surface area contributed by atoms with E-state index >= 15 is 0 Å². The second kappa shape index (κ2) is 6.40. The summed E-state index contributed by atoms with van der Waals surface area (Å²) in [6.45, 7) is 3.80. The number of carbonyl (C=O) groups excluding carboxylic acids is 1. The first-order valence-corrected chi connectivity index (χ1v) is 9.61. The molecule has 0 aliphatic carbocycles. The van der Waals surface area contributed by atoms with Crippen molar-refractivity contribution in [3.63, 3.8) is 0 Å². The maximum Gasteiger partial charge on any atom is 0.289 e. The summed E-state index contributed by atoms with van der Waals surface area (Å²) in [5.74, 6) is 0.632. The van der Waals surface area contributed by atoms with E-state index in [1.807, 2.05) is 50.2 Å². The van der Waals surface area contributed by atoms with E-state index in [9.17, 15) is 9.00 Å². The Labute approximate surface area is 143 Å². The van der Waals surface area contributed by atoms with Crippen LogP contribution in [-0.4, -0.2) is 40.1 Å². The largest absolute Gasteiger partial charge is 0.450 e. The van der Waals surface area contributed by atoms with Crippen molar-refractivity contribution in [2.75, 3.05) is 19.1 Å². The Morgan fingerprint density at radius 2 is 1.92 bits per heavy atom. The lowest BCUT2D eigenvalue weighted by molar-refractivity contribution is 0.0726. The van der Waals surface area contributed by atoms with E-state index in [2.05, 4.69) is 0 Å². The summed E-state index contributed by atoms with van der Waals surface area (Å²) in [5, 5.41) is 3.04. The second-order valence-corrected chi connectivity index (χ2v) is 7.70. The first-order valence-electron chi connectivity index (χ1n) is 7.88. The molecule has 2 aromatic carbocycles. The summed E-state index contributed by atoms with van der Waals surface area (Å²) in [6.07, 6.45) is 1.65. The molecule has 0 bridgehead atoms. The molecule has 5 heteroatoms. The molecule has 0 N–H and O–H groups in total. The predicted molar refractivity (Wildman–Crippen MR) is 98.9 cm³/mol. The Balaban J connectivity index is 2.06. The van der Waals surface area contributed by atoms with Gasteiger partial charge in [0, 0.05) is 52.2 Å². The average molecular weight is 343 g/mol. The molecule has 0 saturated carbocycles. The van der Waals surface area contributed by atoms with Crippen LogP contribution in [-0.2, 0) is 10.8 Å². The van der Waals surface area contributed by atoms with Gasteiger partial charge in [-0.2, -0.15) is 0 Å². The third-order valence-electron chi connectivity index (χ3n) is 4.48. The van der Waals surface area contributed by atoms with E-state index in [1.165, 1.54) is 0 Å². The molecular weight excluding hydrogens is 322 g/mol. The van der Waals surface area contributed by atoms with Crippen molar-refractivity contribution < 1.29 is 13.4 Å². The Hall–Kier alpha value is -2.14. The van der Waals surface area contributed by atoms with E-state index < -0.39 is 10.8 Å². The summed E-state index contributed by atoms with van der Waals surface area (Å²) in [6, 6.07) is 11.9. The number of nitrogens with zero attached hydrogens (tertiary/aromatic N) is 1. The monoisotopic (exact) mass is 343 g/mol. The maximum absolute atomic E-state index is 12.8. The van der Waals surface area contributed by atoms with Gasteiger partial charge in [-0.15, -0.1) is 0 Å². The van der Waals surface area contributed by atoms with E-state index in [0.29, 0.717) is 11.5 Å². The van der Waals surface area contributed by atoms with Gasteiger partial charge in [-0.3, -0.25) is 9.00 Å². The molecule has 0 radical (unpaired) electrons. The van der Waals surface area contributed by atoms with Gasteiger partial charge in [0.25, 0.3) is 5.91 Å². The number of aryl methyl sites for hydroxylation is 1. The molecule has 0 spiro atoms. The predicted octanol–water partition coefficient (Wildman–Crippen LogP) is 3.73. The molecule has 3 rings (SSSR count). The van der Waals surface area contributed by atoms with Gasteiger partial charge in [0.05, 0.1) is 0 Å². The average Bonchev–Trinajstić information content (AvgIpc) is 2.90. The van der Waals surface area contributed by atoms with Crippen molar-refractivity contribution in [1.29, 1.82) is 0 Å². The highest BCUT2D eigenvalue weighted by molar-refractivity contribution is 7.84. The molecule has 4 nitrogen and oxygen atoms in total. The fraction of sp³-hybridized carbons (Fsp3) is 0.316. The highest BCUT2D eigenvalue weighted by Gasteiger charge is 2.25. The molecule has 1 aromatic heterocycles. The SMILES string of the molecule is Cc1c(C(=O)N(C)[C@H](C)C[S@](C)=O)oc2c1ccc1ccccc12. The third-order valence-corrected chi connectivity index (χ3v) is 5.43. The van der Waals surface area contributed by atoms with E-state index in [0.717, 1.165) is 27.3 Å². The standard InChI is InChI=1S/C19H21NO3S/c1-12(11-24(4)22)20(3)19(21)17-13(2)15-10-9-14-7-5-6-8-16(14)18(15)23-17/h5-10,12H,11H2,1-4H3/t12-,24+/m1/s1. The normalized spacial score (nSPS) is 14.0.